The maximum atomic E-state index is 5.28. The van der Waals surface area contributed by atoms with Crippen LogP contribution in [0.15, 0.2) is 29.3 Å². The molecule has 0 fully saturated rings. The molecule has 0 aromatic heterocycles. The van der Waals surface area contributed by atoms with Gasteiger partial charge in [0.1, 0.15) is 5.75 Å². The van der Waals surface area contributed by atoms with Crippen LogP contribution < -0.4 is 15.4 Å². The first-order chi connectivity index (χ1) is 10.6. The van der Waals surface area contributed by atoms with Gasteiger partial charge in [-0.05, 0) is 38.7 Å². The van der Waals surface area contributed by atoms with Crippen molar-refractivity contribution < 1.29 is 4.74 Å². The molecule has 0 radical (unpaired) electrons. The Balaban J connectivity index is 2.83. The fourth-order valence-corrected chi connectivity index (χ4v) is 2.05. The normalized spacial score (nSPS) is 12.6. The number of benzene rings is 1. The Morgan fingerprint density at radius 1 is 1.32 bits per heavy atom. The van der Waals surface area contributed by atoms with Gasteiger partial charge in [-0.1, -0.05) is 18.1 Å². The summed E-state index contributed by atoms with van der Waals surface area (Å²) >= 11 is 0. The van der Waals surface area contributed by atoms with Gasteiger partial charge in [0.25, 0.3) is 0 Å². The molecule has 22 heavy (non-hydrogen) atoms. The molecule has 5 nitrogen and oxygen atoms in total. The number of hydrogen-bond acceptors (Lipinski definition) is 3. The van der Waals surface area contributed by atoms with Crippen LogP contribution in [0.25, 0.3) is 0 Å². The maximum Gasteiger partial charge on any atom is 0.192 e. The average molecular weight is 302 g/mol. The van der Waals surface area contributed by atoms with Crippen LogP contribution in [0, 0.1) is 12.3 Å². The second kappa shape index (κ2) is 9.69. The van der Waals surface area contributed by atoms with Gasteiger partial charge < -0.3 is 20.3 Å². The van der Waals surface area contributed by atoms with E-state index in [9.17, 15) is 0 Å². The monoisotopic (exact) mass is 302 g/mol. The summed E-state index contributed by atoms with van der Waals surface area (Å²) in [4.78, 5) is 6.77. The van der Waals surface area contributed by atoms with Crippen LogP contribution in [0.4, 0.5) is 0 Å². The van der Waals surface area contributed by atoms with Crippen molar-refractivity contribution in [1.29, 1.82) is 0 Å². The molecule has 0 saturated heterocycles. The van der Waals surface area contributed by atoms with Gasteiger partial charge in [-0.3, -0.25) is 4.99 Å². The topological polar surface area (TPSA) is 48.9 Å². The standard InChI is InChI=1S/C17H26N4O/c1-6-12-19-17(18-7-2)20-13-16(21(3)4)14-8-10-15(22-5)11-9-14/h1,8-11,16H,7,12-13H2,2-5H3,(H2,18,19,20). The van der Waals surface area contributed by atoms with E-state index in [1.54, 1.807) is 7.11 Å². The summed E-state index contributed by atoms with van der Waals surface area (Å²) in [6, 6.07) is 8.27. The second-order valence-corrected chi connectivity index (χ2v) is 5.03. The minimum atomic E-state index is 0.187. The van der Waals surface area contributed by atoms with E-state index in [2.05, 4.69) is 38.6 Å². The zero-order valence-electron chi connectivity index (χ0n) is 13.9. The number of rotatable bonds is 7. The van der Waals surface area contributed by atoms with Crippen LogP contribution in [0.3, 0.4) is 0 Å². The van der Waals surface area contributed by atoms with Gasteiger partial charge in [0, 0.05) is 6.54 Å². The Morgan fingerprint density at radius 2 is 2.00 bits per heavy atom. The molecule has 0 spiro atoms. The van der Waals surface area contributed by atoms with Crippen molar-refractivity contribution in [3.63, 3.8) is 0 Å². The Bertz CT molecular complexity index is 502. The molecular formula is C17H26N4O. The summed E-state index contributed by atoms with van der Waals surface area (Å²) in [6.45, 7) is 3.92. The summed E-state index contributed by atoms with van der Waals surface area (Å²) in [5, 5.41) is 6.28. The lowest BCUT2D eigenvalue weighted by Gasteiger charge is -2.24. The van der Waals surface area contributed by atoms with Gasteiger partial charge in [0.15, 0.2) is 5.96 Å². The Labute approximate surface area is 133 Å². The fraction of sp³-hybridized carbons (Fsp3) is 0.471. The minimum Gasteiger partial charge on any atom is -0.497 e. The molecule has 120 valence electrons. The van der Waals surface area contributed by atoms with Crippen molar-refractivity contribution in [1.82, 2.24) is 15.5 Å². The highest BCUT2D eigenvalue weighted by Gasteiger charge is 2.14. The van der Waals surface area contributed by atoms with E-state index in [-0.39, 0.29) is 6.04 Å². The quantitative estimate of drug-likeness (QED) is 0.455. The summed E-state index contributed by atoms with van der Waals surface area (Å²) < 4.78 is 5.20. The molecule has 2 N–H and O–H groups in total. The van der Waals surface area contributed by atoms with E-state index < -0.39 is 0 Å². The van der Waals surface area contributed by atoms with Crippen molar-refractivity contribution in [3.05, 3.63) is 29.8 Å². The molecule has 5 heteroatoms. The lowest BCUT2D eigenvalue weighted by Crippen LogP contribution is -2.38. The first kappa shape index (κ1) is 17.9. The highest BCUT2D eigenvalue weighted by molar-refractivity contribution is 5.80. The highest BCUT2D eigenvalue weighted by Crippen LogP contribution is 2.21. The average Bonchev–Trinajstić information content (AvgIpc) is 2.53. The summed E-state index contributed by atoms with van der Waals surface area (Å²) in [5.74, 6) is 4.15. The molecule has 0 bridgehead atoms. The predicted octanol–water partition coefficient (Wildman–Crippen LogP) is 1.49. The molecule has 1 atom stereocenters. The number of nitrogens with zero attached hydrogens (tertiary/aromatic N) is 2. The number of terminal acetylenes is 1. The molecule has 0 aliphatic carbocycles. The van der Waals surface area contributed by atoms with Crippen LogP contribution in [0.5, 0.6) is 5.75 Å². The van der Waals surface area contributed by atoms with Gasteiger partial charge in [-0.15, -0.1) is 6.42 Å². The number of methoxy groups -OCH3 is 1. The highest BCUT2D eigenvalue weighted by atomic mass is 16.5. The van der Waals surface area contributed by atoms with Crippen molar-refractivity contribution in [2.24, 2.45) is 4.99 Å². The minimum absolute atomic E-state index is 0.187. The van der Waals surface area contributed by atoms with Crippen molar-refractivity contribution in [3.8, 4) is 18.1 Å². The molecule has 0 heterocycles. The molecule has 0 aliphatic rings. The van der Waals surface area contributed by atoms with Gasteiger partial charge in [-0.25, -0.2) is 0 Å². The number of aliphatic imine (C=N–C) groups is 1. The van der Waals surface area contributed by atoms with E-state index in [1.807, 2.05) is 33.2 Å². The third-order valence-corrected chi connectivity index (χ3v) is 3.25. The third kappa shape index (κ3) is 5.66. The lowest BCUT2D eigenvalue weighted by atomic mass is 10.1. The van der Waals surface area contributed by atoms with Gasteiger partial charge in [-0.2, -0.15) is 0 Å². The molecule has 0 saturated carbocycles. The fourth-order valence-electron chi connectivity index (χ4n) is 2.05. The smallest absolute Gasteiger partial charge is 0.192 e. The van der Waals surface area contributed by atoms with Crippen LogP contribution in [0.2, 0.25) is 0 Å². The largest absolute Gasteiger partial charge is 0.497 e. The molecule has 1 unspecified atom stereocenters. The molecule has 1 aromatic carbocycles. The predicted molar refractivity (Wildman–Crippen MR) is 92.2 cm³/mol. The van der Waals surface area contributed by atoms with Crippen molar-refractivity contribution >= 4 is 5.96 Å². The number of likely N-dealkylation sites (N-methyl/N-ethyl adjacent to an activating group) is 1. The molecule has 1 rings (SSSR count). The van der Waals surface area contributed by atoms with E-state index in [0.717, 1.165) is 18.3 Å². The number of hydrogen-bond donors (Lipinski definition) is 2. The van der Waals surface area contributed by atoms with Crippen molar-refractivity contribution in [2.45, 2.75) is 13.0 Å². The number of guanidine groups is 1. The summed E-state index contributed by atoms with van der Waals surface area (Å²) in [7, 11) is 5.76. The van der Waals surface area contributed by atoms with E-state index in [1.165, 1.54) is 5.56 Å². The van der Waals surface area contributed by atoms with Crippen LogP contribution in [-0.2, 0) is 0 Å². The van der Waals surface area contributed by atoms with E-state index >= 15 is 0 Å². The number of nitrogens with one attached hydrogen (secondary N) is 2. The zero-order chi connectivity index (χ0) is 16.4. The van der Waals surface area contributed by atoms with Gasteiger partial charge in [0.2, 0.25) is 0 Å². The maximum absolute atomic E-state index is 5.28. The van der Waals surface area contributed by atoms with Crippen LogP contribution in [0.1, 0.15) is 18.5 Å². The second-order valence-electron chi connectivity index (χ2n) is 5.03. The number of ether oxygens (including phenoxy) is 1. The van der Waals surface area contributed by atoms with E-state index in [4.69, 9.17) is 11.2 Å². The molecular weight excluding hydrogens is 276 g/mol. The third-order valence-electron chi connectivity index (χ3n) is 3.25. The van der Waals surface area contributed by atoms with E-state index in [0.29, 0.717) is 13.1 Å². The first-order valence-electron chi connectivity index (χ1n) is 7.38. The molecule has 0 amide bonds. The Morgan fingerprint density at radius 3 is 2.50 bits per heavy atom. The zero-order valence-corrected chi connectivity index (χ0v) is 13.9. The molecule has 1 aromatic rings. The SMILES string of the molecule is C#CCNC(=NCC(c1ccc(OC)cc1)N(C)C)NCC. The van der Waals surface area contributed by atoms with Crippen LogP contribution >= 0.6 is 0 Å². The van der Waals surface area contributed by atoms with Crippen LogP contribution in [-0.4, -0.2) is 51.7 Å². The Kier molecular flexibility index (Phi) is 7.87. The molecule has 0 aliphatic heterocycles. The summed E-state index contributed by atoms with van der Waals surface area (Å²) in [5.41, 5.74) is 1.20. The lowest BCUT2D eigenvalue weighted by molar-refractivity contribution is 0.306. The van der Waals surface area contributed by atoms with Gasteiger partial charge >= 0.3 is 0 Å². The van der Waals surface area contributed by atoms with Crippen molar-refractivity contribution in [2.75, 3.05) is 40.8 Å². The Hall–Kier alpha value is -2.19. The summed E-state index contributed by atoms with van der Waals surface area (Å²) in [6.07, 6.45) is 5.28. The van der Waals surface area contributed by atoms with Gasteiger partial charge in [0.05, 0.1) is 26.2 Å². The first-order valence-corrected chi connectivity index (χ1v) is 7.38.